The number of amides is 3. The Balaban J connectivity index is 1.56. The second-order valence-corrected chi connectivity index (χ2v) is 12.5. The Kier molecular flexibility index (Phi) is 9.51. The van der Waals surface area contributed by atoms with Gasteiger partial charge in [0, 0.05) is 38.5 Å². The maximum absolute atomic E-state index is 14.7. The smallest absolute Gasteiger partial charge is 0.248 e. The lowest BCUT2D eigenvalue weighted by atomic mass is 9.62. The molecule has 3 heterocycles. The molecular weight excluding hydrogens is 570 g/mol. The van der Waals surface area contributed by atoms with Gasteiger partial charge in [0.15, 0.2) is 0 Å². The van der Waals surface area contributed by atoms with Crippen molar-refractivity contribution in [2.45, 2.75) is 57.4 Å². The van der Waals surface area contributed by atoms with Crippen LogP contribution in [-0.2, 0) is 25.7 Å². The van der Waals surface area contributed by atoms with Crippen molar-refractivity contribution in [3.05, 3.63) is 85.5 Å². The summed E-state index contributed by atoms with van der Waals surface area (Å²) in [6.07, 6.45) is 4.11. The van der Waals surface area contributed by atoms with Crippen molar-refractivity contribution in [1.82, 2.24) is 9.80 Å². The Morgan fingerprint density at radius 1 is 1.09 bits per heavy atom. The average molecular weight is 616 g/mol. The molecule has 0 aromatic heterocycles. The van der Waals surface area contributed by atoms with Crippen LogP contribution < -0.4 is 9.64 Å². The molecule has 2 bridgehead atoms. The number of likely N-dealkylation sites (tertiary alicyclic amines) is 1. The molecule has 3 saturated heterocycles. The topological polar surface area (TPSA) is 99.6 Å². The predicted molar refractivity (Wildman–Crippen MR) is 172 cm³/mol. The van der Waals surface area contributed by atoms with Crippen LogP contribution in [0.3, 0.4) is 0 Å². The number of hydrogen-bond acceptors (Lipinski definition) is 6. The third kappa shape index (κ3) is 5.57. The van der Waals surface area contributed by atoms with Crippen molar-refractivity contribution in [2.75, 3.05) is 37.7 Å². The summed E-state index contributed by atoms with van der Waals surface area (Å²) in [5.41, 5.74) is -0.542. The predicted octanol–water partition coefficient (Wildman–Crippen LogP) is 4.21. The lowest BCUT2D eigenvalue weighted by molar-refractivity contribution is -0.152. The summed E-state index contributed by atoms with van der Waals surface area (Å²) in [6.45, 7) is 15.1. The number of nitrogens with zero attached hydrogens (tertiary/aromatic N) is 3. The molecule has 1 spiro atoms. The SMILES string of the molecule is C=CCN(Cc1ccccc1)C(=O)C1N(CCCO)C(=O)[C@@H]2[C@H](C(=O)N(CC=C)c3ccc(OCC)cc3)[C@@]3(C)OC12CC3C. The molecule has 3 unspecified atom stereocenters. The monoisotopic (exact) mass is 615 g/mol. The Morgan fingerprint density at radius 2 is 1.78 bits per heavy atom. The zero-order valence-electron chi connectivity index (χ0n) is 26.6. The summed E-state index contributed by atoms with van der Waals surface area (Å²) >= 11 is 0. The fourth-order valence-electron chi connectivity index (χ4n) is 7.75. The van der Waals surface area contributed by atoms with Crippen molar-refractivity contribution < 1.29 is 29.0 Å². The Labute approximate surface area is 266 Å². The van der Waals surface area contributed by atoms with Gasteiger partial charge in [-0.3, -0.25) is 14.4 Å². The molecule has 0 aliphatic carbocycles. The van der Waals surface area contributed by atoms with Crippen LogP contribution >= 0.6 is 0 Å². The van der Waals surface area contributed by atoms with Gasteiger partial charge in [-0.1, -0.05) is 49.4 Å². The molecule has 3 fully saturated rings. The van der Waals surface area contributed by atoms with E-state index in [-0.39, 0.29) is 49.9 Å². The third-order valence-electron chi connectivity index (χ3n) is 9.79. The van der Waals surface area contributed by atoms with Crippen LogP contribution in [0.4, 0.5) is 5.69 Å². The summed E-state index contributed by atoms with van der Waals surface area (Å²) < 4.78 is 12.5. The highest BCUT2D eigenvalue weighted by Gasteiger charge is 2.80. The fraction of sp³-hybridized carbons (Fsp3) is 0.472. The molecule has 5 rings (SSSR count). The van der Waals surface area contributed by atoms with Gasteiger partial charge >= 0.3 is 0 Å². The summed E-state index contributed by atoms with van der Waals surface area (Å²) in [6, 6.07) is 16.0. The first-order chi connectivity index (χ1) is 21.7. The van der Waals surface area contributed by atoms with Gasteiger partial charge in [0.05, 0.1) is 24.0 Å². The highest BCUT2D eigenvalue weighted by Crippen LogP contribution is 2.65. The van der Waals surface area contributed by atoms with Crippen LogP contribution in [0.15, 0.2) is 79.9 Å². The molecule has 3 aliphatic rings. The van der Waals surface area contributed by atoms with E-state index in [1.165, 1.54) is 0 Å². The van der Waals surface area contributed by atoms with Crippen LogP contribution in [0, 0.1) is 17.8 Å². The Bertz CT molecular complexity index is 1410. The maximum Gasteiger partial charge on any atom is 0.248 e. The fourth-order valence-corrected chi connectivity index (χ4v) is 7.75. The zero-order chi connectivity index (χ0) is 32.4. The second kappa shape index (κ2) is 13.2. The zero-order valence-corrected chi connectivity index (χ0v) is 26.6. The number of carbonyl (C=O) groups excluding carboxylic acids is 3. The molecule has 0 radical (unpaired) electrons. The van der Waals surface area contributed by atoms with Crippen molar-refractivity contribution in [3.63, 3.8) is 0 Å². The van der Waals surface area contributed by atoms with Crippen molar-refractivity contribution in [1.29, 1.82) is 0 Å². The number of aliphatic hydroxyl groups excluding tert-OH is 1. The van der Waals surface area contributed by atoms with E-state index in [1.807, 2.05) is 75.4 Å². The summed E-state index contributed by atoms with van der Waals surface area (Å²) in [5, 5.41) is 9.74. The number of ether oxygens (including phenoxy) is 2. The molecule has 0 saturated carbocycles. The van der Waals surface area contributed by atoms with Gasteiger partial charge < -0.3 is 29.3 Å². The van der Waals surface area contributed by atoms with E-state index in [4.69, 9.17) is 9.47 Å². The maximum atomic E-state index is 14.7. The molecule has 6 atom stereocenters. The van der Waals surface area contributed by atoms with Crippen LogP contribution in [0.5, 0.6) is 5.75 Å². The highest BCUT2D eigenvalue weighted by molar-refractivity contribution is 6.03. The standard InChI is InChI=1S/C36H45N3O6/c1-6-19-37(24-26-13-10-9-11-14-26)34(43)31-36-23-25(4)35(5,45-36)29(30(36)33(42)39(31)21-12-22-40)32(41)38(20-7-2)27-15-17-28(18-16-27)44-8-3/h6-7,9-11,13-18,25,29-31,40H,1-2,8,12,19-24H2,3-5H3/t25?,29-,30+,31?,35+,36?/m1/s1. The molecule has 45 heavy (non-hydrogen) atoms. The van der Waals surface area contributed by atoms with E-state index in [1.54, 1.807) is 26.9 Å². The minimum absolute atomic E-state index is 0.100. The quantitative estimate of drug-likeness (QED) is 0.320. The van der Waals surface area contributed by atoms with Gasteiger partial charge in [0.2, 0.25) is 17.7 Å². The van der Waals surface area contributed by atoms with E-state index < -0.39 is 29.1 Å². The van der Waals surface area contributed by atoms with Gasteiger partial charge in [-0.25, -0.2) is 0 Å². The summed E-state index contributed by atoms with van der Waals surface area (Å²) in [7, 11) is 0. The summed E-state index contributed by atoms with van der Waals surface area (Å²) in [4.78, 5) is 48.7. The normalized spacial score (nSPS) is 28.1. The third-order valence-corrected chi connectivity index (χ3v) is 9.79. The first-order valence-corrected chi connectivity index (χ1v) is 15.9. The average Bonchev–Trinajstić information content (AvgIpc) is 3.55. The molecule has 240 valence electrons. The second-order valence-electron chi connectivity index (χ2n) is 12.5. The first kappa shape index (κ1) is 32.4. The van der Waals surface area contributed by atoms with Crippen molar-refractivity contribution >= 4 is 23.4 Å². The molecule has 1 N–H and O–H groups in total. The summed E-state index contributed by atoms with van der Waals surface area (Å²) in [5.74, 6) is -1.84. The molecule has 2 aromatic rings. The molecule has 2 aromatic carbocycles. The van der Waals surface area contributed by atoms with Crippen molar-refractivity contribution in [2.24, 2.45) is 17.8 Å². The van der Waals surface area contributed by atoms with Crippen LogP contribution in [-0.4, -0.2) is 82.7 Å². The number of hydrogen-bond donors (Lipinski definition) is 1. The van der Waals surface area contributed by atoms with Crippen molar-refractivity contribution in [3.8, 4) is 5.75 Å². The minimum Gasteiger partial charge on any atom is -0.494 e. The minimum atomic E-state index is -1.19. The van der Waals surface area contributed by atoms with Gasteiger partial charge in [-0.05, 0) is 62.4 Å². The lowest BCUT2D eigenvalue weighted by Gasteiger charge is -2.39. The molecular formula is C36H45N3O6. The number of carbonyl (C=O) groups is 3. The molecule has 3 amide bonds. The van der Waals surface area contributed by atoms with E-state index >= 15 is 0 Å². The van der Waals surface area contributed by atoms with E-state index in [0.717, 1.165) is 5.56 Å². The molecule has 9 heteroatoms. The van der Waals surface area contributed by atoms with E-state index in [2.05, 4.69) is 13.2 Å². The van der Waals surface area contributed by atoms with Gasteiger partial charge in [-0.2, -0.15) is 0 Å². The van der Waals surface area contributed by atoms with Crippen LogP contribution in [0.1, 0.15) is 39.2 Å². The Morgan fingerprint density at radius 3 is 2.40 bits per heavy atom. The largest absolute Gasteiger partial charge is 0.494 e. The highest BCUT2D eigenvalue weighted by atomic mass is 16.5. The Hall–Kier alpha value is -3.95. The molecule has 3 aliphatic heterocycles. The molecule has 9 nitrogen and oxygen atoms in total. The van der Waals surface area contributed by atoms with Crippen LogP contribution in [0.25, 0.3) is 0 Å². The number of aliphatic hydroxyl groups is 1. The number of benzene rings is 2. The van der Waals surface area contributed by atoms with Gasteiger partial charge in [0.25, 0.3) is 0 Å². The first-order valence-electron chi connectivity index (χ1n) is 15.9. The number of rotatable bonds is 14. The number of fused-ring (bicyclic) bond motifs is 1. The van der Waals surface area contributed by atoms with Gasteiger partial charge in [-0.15, -0.1) is 13.2 Å². The lowest BCUT2D eigenvalue weighted by Crippen LogP contribution is -2.57. The van der Waals surface area contributed by atoms with Crippen LogP contribution in [0.2, 0.25) is 0 Å². The van der Waals surface area contributed by atoms with Gasteiger partial charge in [0.1, 0.15) is 17.4 Å². The van der Waals surface area contributed by atoms with E-state index in [0.29, 0.717) is 37.4 Å². The van der Waals surface area contributed by atoms with E-state index in [9.17, 15) is 19.5 Å². The number of anilines is 1.